The maximum absolute atomic E-state index is 11.5. The van der Waals surface area contributed by atoms with Crippen molar-refractivity contribution in [2.24, 2.45) is 0 Å². The first-order chi connectivity index (χ1) is 11.5. The van der Waals surface area contributed by atoms with Gasteiger partial charge in [-0.3, -0.25) is 14.2 Å². The van der Waals surface area contributed by atoms with Crippen molar-refractivity contribution in [1.82, 2.24) is 19.5 Å². The molecule has 0 saturated carbocycles. The molecule has 4 rings (SSSR count). The lowest BCUT2D eigenvalue weighted by atomic mass is 10.2. The third-order valence-electron chi connectivity index (χ3n) is 3.86. The van der Waals surface area contributed by atoms with Crippen molar-refractivity contribution in [1.29, 1.82) is 0 Å². The number of hydrogen-bond donors (Lipinski definition) is 0. The predicted octanol–water partition coefficient (Wildman–Crippen LogP) is 0.693. The highest BCUT2D eigenvalue weighted by atomic mass is 32.2. The summed E-state index contributed by atoms with van der Waals surface area (Å²) in [5, 5.41) is 0.569. The zero-order chi connectivity index (χ0) is 16.8. The van der Waals surface area contributed by atoms with E-state index in [2.05, 4.69) is 15.0 Å². The Bertz CT molecular complexity index is 825. The molecule has 1 saturated heterocycles. The molecule has 24 heavy (non-hydrogen) atoms. The molecule has 0 radical (unpaired) electrons. The number of imidazole rings is 1. The quantitative estimate of drug-likeness (QED) is 0.739. The second kappa shape index (κ2) is 5.71. The van der Waals surface area contributed by atoms with Crippen LogP contribution >= 0.6 is 11.8 Å². The van der Waals surface area contributed by atoms with Gasteiger partial charge in [-0.25, -0.2) is 15.0 Å². The van der Waals surface area contributed by atoms with Crippen LogP contribution in [-0.2, 0) is 23.8 Å². The predicted molar refractivity (Wildman–Crippen MR) is 81.1 cm³/mol. The Balaban J connectivity index is 1.66. The van der Waals surface area contributed by atoms with Crippen molar-refractivity contribution in [3.63, 3.8) is 0 Å². The molecule has 0 aliphatic carbocycles. The van der Waals surface area contributed by atoms with Crippen LogP contribution in [0.5, 0.6) is 0 Å². The van der Waals surface area contributed by atoms with E-state index in [4.69, 9.17) is 14.2 Å². The van der Waals surface area contributed by atoms with Gasteiger partial charge in [0.25, 0.3) is 0 Å². The summed E-state index contributed by atoms with van der Waals surface area (Å²) >= 11 is 1.46. The van der Waals surface area contributed by atoms with Gasteiger partial charge in [-0.05, 0) is 0 Å². The van der Waals surface area contributed by atoms with Gasteiger partial charge in [-0.15, -0.1) is 0 Å². The van der Waals surface area contributed by atoms with Crippen LogP contribution in [0.1, 0.15) is 20.1 Å². The number of carbonyl (C=O) groups is 2. The molecule has 0 spiro atoms. The molecule has 4 heterocycles. The number of hydrogen-bond acceptors (Lipinski definition) is 9. The second-order valence-corrected chi connectivity index (χ2v) is 6.67. The van der Waals surface area contributed by atoms with Gasteiger partial charge in [0.15, 0.2) is 17.0 Å². The molecule has 9 nitrogen and oxygen atoms in total. The molecule has 0 N–H and O–H groups in total. The number of nitrogens with zero attached hydrogens (tertiary/aromatic N) is 4. The monoisotopic (exact) mass is 350 g/mol. The summed E-state index contributed by atoms with van der Waals surface area (Å²) in [6.45, 7) is 2.69. The standard InChI is InChI=1S/C14H14N4O5S/c1-6(19)21-4-9-10(22-7(2)20)11-13(23-9)18-12-8(3-15-5-16-12)17-14(18)24-11/h3,5,9-11,13H,4H2,1-2H3/t9-,10-,11+,13-/m1/s1. The Kier molecular flexibility index (Phi) is 3.65. The van der Waals surface area contributed by atoms with Crippen LogP contribution in [0.25, 0.3) is 11.2 Å². The molecule has 0 amide bonds. The topological polar surface area (TPSA) is 105 Å². The maximum Gasteiger partial charge on any atom is 0.303 e. The van der Waals surface area contributed by atoms with Gasteiger partial charge in [0.1, 0.15) is 30.7 Å². The van der Waals surface area contributed by atoms with E-state index >= 15 is 0 Å². The van der Waals surface area contributed by atoms with Gasteiger partial charge in [0, 0.05) is 13.8 Å². The molecule has 126 valence electrons. The molecular weight excluding hydrogens is 336 g/mol. The zero-order valence-electron chi connectivity index (χ0n) is 12.9. The molecular formula is C14H14N4O5S. The van der Waals surface area contributed by atoms with E-state index in [0.29, 0.717) is 11.2 Å². The van der Waals surface area contributed by atoms with E-state index in [-0.39, 0.29) is 11.9 Å². The Morgan fingerprint density at radius 2 is 2.21 bits per heavy atom. The summed E-state index contributed by atoms with van der Waals surface area (Å²) < 4.78 is 18.4. The lowest BCUT2D eigenvalue weighted by molar-refractivity contribution is -0.155. The zero-order valence-corrected chi connectivity index (χ0v) is 13.7. The summed E-state index contributed by atoms with van der Waals surface area (Å²) in [6.07, 6.45) is 1.63. The van der Waals surface area contributed by atoms with E-state index in [1.54, 1.807) is 6.20 Å². The largest absolute Gasteiger partial charge is 0.463 e. The van der Waals surface area contributed by atoms with Crippen LogP contribution in [0, 0.1) is 0 Å². The minimum absolute atomic E-state index is 0.0256. The summed E-state index contributed by atoms with van der Waals surface area (Å²) in [5.74, 6) is -0.819. The highest BCUT2D eigenvalue weighted by Crippen LogP contribution is 2.50. The third kappa shape index (κ3) is 2.42. The van der Waals surface area contributed by atoms with Crippen LogP contribution in [-0.4, -0.2) is 55.5 Å². The number of fused-ring (bicyclic) bond motifs is 5. The maximum atomic E-state index is 11.5. The fraction of sp³-hybridized carbons (Fsp3) is 0.500. The lowest BCUT2D eigenvalue weighted by Crippen LogP contribution is -2.36. The number of thioether (sulfide) groups is 1. The lowest BCUT2D eigenvalue weighted by Gasteiger charge is -2.20. The number of aromatic nitrogens is 4. The summed E-state index contributed by atoms with van der Waals surface area (Å²) in [6, 6.07) is 0. The van der Waals surface area contributed by atoms with Crippen LogP contribution < -0.4 is 0 Å². The Labute approximate surface area is 140 Å². The summed E-state index contributed by atoms with van der Waals surface area (Å²) in [5.41, 5.74) is 1.34. The molecule has 0 bridgehead atoms. The Morgan fingerprint density at radius 3 is 2.96 bits per heavy atom. The van der Waals surface area contributed by atoms with Gasteiger partial charge < -0.3 is 14.2 Å². The number of carbonyl (C=O) groups excluding carboxylic acids is 2. The number of ether oxygens (including phenoxy) is 3. The van der Waals surface area contributed by atoms with Crippen molar-refractivity contribution < 1.29 is 23.8 Å². The smallest absolute Gasteiger partial charge is 0.303 e. The van der Waals surface area contributed by atoms with Crippen molar-refractivity contribution in [2.75, 3.05) is 6.61 Å². The van der Waals surface area contributed by atoms with Crippen LogP contribution in [0.4, 0.5) is 0 Å². The first-order valence-electron chi connectivity index (χ1n) is 7.35. The fourth-order valence-electron chi connectivity index (χ4n) is 2.97. The summed E-state index contributed by atoms with van der Waals surface area (Å²) in [7, 11) is 0. The average Bonchev–Trinajstić information content (AvgIpc) is 3.14. The van der Waals surface area contributed by atoms with Gasteiger partial charge in [-0.2, -0.15) is 0 Å². The molecule has 4 atom stereocenters. The van der Waals surface area contributed by atoms with E-state index < -0.39 is 30.4 Å². The highest BCUT2D eigenvalue weighted by Gasteiger charge is 2.53. The van der Waals surface area contributed by atoms with Gasteiger partial charge in [-0.1, -0.05) is 11.8 Å². The van der Waals surface area contributed by atoms with Crippen LogP contribution in [0.3, 0.4) is 0 Å². The minimum Gasteiger partial charge on any atom is -0.463 e. The summed E-state index contributed by atoms with van der Waals surface area (Å²) in [4.78, 5) is 35.3. The molecule has 1 fully saturated rings. The van der Waals surface area contributed by atoms with Gasteiger partial charge in [0.2, 0.25) is 0 Å². The molecule has 10 heteroatoms. The van der Waals surface area contributed by atoms with Crippen molar-refractivity contribution in [3.05, 3.63) is 12.5 Å². The van der Waals surface area contributed by atoms with E-state index in [9.17, 15) is 9.59 Å². The second-order valence-electron chi connectivity index (χ2n) is 5.52. The fourth-order valence-corrected chi connectivity index (χ4v) is 4.34. The first-order valence-corrected chi connectivity index (χ1v) is 8.23. The van der Waals surface area contributed by atoms with Crippen molar-refractivity contribution in [3.8, 4) is 0 Å². The molecule has 0 unspecified atom stereocenters. The minimum atomic E-state index is -0.535. The molecule has 2 aliphatic rings. The average molecular weight is 350 g/mol. The van der Waals surface area contributed by atoms with Crippen molar-refractivity contribution >= 4 is 34.9 Å². The van der Waals surface area contributed by atoms with Crippen LogP contribution in [0.15, 0.2) is 17.7 Å². The molecule has 2 aliphatic heterocycles. The van der Waals surface area contributed by atoms with E-state index in [1.807, 2.05) is 4.57 Å². The van der Waals surface area contributed by atoms with Crippen LogP contribution in [0.2, 0.25) is 0 Å². The van der Waals surface area contributed by atoms with E-state index in [1.165, 1.54) is 31.9 Å². The van der Waals surface area contributed by atoms with Gasteiger partial charge >= 0.3 is 11.9 Å². The molecule has 2 aromatic heterocycles. The van der Waals surface area contributed by atoms with E-state index in [0.717, 1.165) is 5.16 Å². The highest BCUT2D eigenvalue weighted by molar-refractivity contribution is 8.00. The van der Waals surface area contributed by atoms with Gasteiger partial charge in [0.05, 0.1) is 11.4 Å². The normalized spacial score (nSPS) is 27.8. The number of rotatable bonds is 3. The van der Waals surface area contributed by atoms with Crippen molar-refractivity contribution in [2.45, 2.75) is 42.7 Å². The number of esters is 2. The molecule has 2 aromatic rings. The Hall–Kier alpha value is -2.20. The third-order valence-corrected chi connectivity index (χ3v) is 5.13. The molecule has 0 aromatic carbocycles. The SMILES string of the molecule is CC(=O)OC[C@H]1O[C@@H]2[C@@H](Sc3nc4cncnc4n32)[C@@H]1OC(C)=O. The first kappa shape index (κ1) is 15.3. The Morgan fingerprint density at radius 1 is 1.38 bits per heavy atom.